The highest BCUT2D eigenvalue weighted by Crippen LogP contribution is 2.54. The number of hydrogen-bond donors (Lipinski definition) is 1. The van der Waals surface area contributed by atoms with E-state index in [1.807, 2.05) is 11.3 Å². The van der Waals surface area contributed by atoms with E-state index in [2.05, 4.69) is 230 Å². The molecule has 2 heterocycles. The lowest BCUT2D eigenvalue weighted by Gasteiger charge is -2.44. The molecule has 0 bridgehead atoms. The van der Waals surface area contributed by atoms with Crippen molar-refractivity contribution < 1.29 is 0 Å². The summed E-state index contributed by atoms with van der Waals surface area (Å²) in [6.45, 7) is 22.1. The second-order valence-electron chi connectivity index (χ2n) is 23.2. The van der Waals surface area contributed by atoms with Crippen LogP contribution < -0.4 is 21.1 Å². The van der Waals surface area contributed by atoms with E-state index in [-0.39, 0.29) is 21.7 Å². The Morgan fingerprint density at radius 3 is 1.65 bits per heavy atom. The topological polar surface area (TPSA) is 15.3 Å². The van der Waals surface area contributed by atoms with Gasteiger partial charge in [0.15, 0.2) is 7.28 Å². The largest absolute Gasteiger partial charge is 0.355 e. The summed E-state index contributed by atoms with van der Waals surface area (Å²) in [6.07, 6.45) is 4.67. The van der Waals surface area contributed by atoms with Crippen LogP contribution >= 0.6 is 11.3 Å². The Bertz CT molecular complexity index is 3500. The molecule has 0 spiro atoms. The fourth-order valence-electron chi connectivity index (χ4n) is 12.3. The lowest BCUT2D eigenvalue weighted by Crippen LogP contribution is -2.44. The molecule has 2 aliphatic carbocycles. The smallest absolute Gasteiger partial charge is 0.198 e. The Balaban J connectivity index is 1.16. The predicted molar refractivity (Wildman–Crippen MR) is 302 cm³/mol. The molecular weight excluding hydrogens is 852 g/mol. The number of nitrogens with zero attached hydrogens (tertiary/aromatic N) is 1. The molecule has 0 radical (unpaired) electrons. The molecule has 69 heavy (non-hydrogen) atoms. The minimum absolute atomic E-state index is 0.0217. The van der Waals surface area contributed by atoms with Gasteiger partial charge in [-0.2, -0.15) is 0 Å². The van der Waals surface area contributed by atoms with Gasteiger partial charge in [0.2, 0.25) is 0 Å². The van der Waals surface area contributed by atoms with Crippen molar-refractivity contribution in [2.24, 2.45) is 0 Å². The summed E-state index contributed by atoms with van der Waals surface area (Å²) in [5, 5.41) is 6.82. The molecule has 1 N–H and O–H groups in total. The predicted octanol–water partition coefficient (Wildman–Crippen LogP) is 17.0. The SMILES string of the molecule is Cc1cc(-c2ccccc2)ccc1N1c2cc3c(cc2Bc2c1cc1sc4ccccc4c1c2-c1cc2c(cc1Nc1ccc(-c4ccccc4)cc1)C(C)(C)CCC2(C)C)C(C)(C)CCC3(C)C. The zero-order chi connectivity index (χ0) is 47.6. The van der Waals surface area contributed by atoms with E-state index in [9.17, 15) is 0 Å². The van der Waals surface area contributed by atoms with Crippen LogP contribution in [0.5, 0.6) is 0 Å². The number of thiophene rings is 1. The second kappa shape index (κ2) is 15.8. The highest BCUT2D eigenvalue weighted by Gasteiger charge is 2.42. The van der Waals surface area contributed by atoms with Gasteiger partial charge in [0, 0.05) is 54.2 Å². The third-order valence-electron chi connectivity index (χ3n) is 16.7. The molecule has 8 aromatic carbocycles. The van der Waals surface area contributed by atoms with Gasteiger partial charge in [-0.05, 0) is 170 Å². The van der Waals surface area contributed by atoms with Crippen molar-refractivity contribution in [1.82, 2.24) is 0 Å². The quantitative estimate of drug-likeness (QED) is 0.167. The fourth-order valence-corrected chi connectivity index (χ4v) is 13.5. The molecule has 0 saturated carbocycles. The first-order valence-corrected chi connectivity index (χ1v) is 26.1. The van der Waals surface area contributed by atoms with Gasteiger partial charge < -0.3 is 10.2 Å². The number of aryl methyl sites for hydroxylation is 1. The summed E-state index contributed by atoms with van der Waals surface area (Å²) in [4.78, 5) is 2.67. The molecule has 9 aromatic rings. The van der Waals surface area contributed by atoms with Gasteiger partial charge in [-0.25, -0.2) is 0 Å². The average Bonchev–Trinajstić information content (AvgIpc) is 3.72. The first kappa shape index (κ1) is 43.9. The van der Waals surface area contributed by atoms with Crippen molar-refractivity contribution in [2.75, 3.05) is 10.2 Å². The Morgan fingerprint density at radius 1 is 0.478 bits per heavy atom. The molecule has 0 unspecified atom stereocenters. The van der Waals surface area contributed by atoms with E-state index in [1.165, 1.54) is 128 Å². The molecule has 0 amide bonds. The highest BCUT2D eigenvalue weighted by atomic mass is 32.1. The zero-order valence-corrected chi connectivity index (χ0v) is 42.7. The molecule has 1 aliphatic heterocycles. The van der Waals surface area contributed by atoms with Crippen molar-refractivity contribution in [1.29, 1.82) is 0 Å². The van der Waals surface area contributed by atoms with Crippen molar-refractivity contribution in [3.63, 3.8) is 0 Å². The van der Waals surface area contributed by atoms with Gasteiger partial charge >= 0.3 is 0 Å². The van der Waals surface area contributed by atoms with Crippen LogP contribution in [-0.4, -0.2) is 7.28 Å². The number of rotatable bonds is 6. The highest BCUT2D eigenvalue weighted by molar-refractivity contribution is 7.26. The van der Waals surface area contributed by atoms with Gasteiger partial charge in [-0.3, -0.25) is 0 Å². The maximum Gasteiger partial charge on any atom is 0.198 e. The van der Waals surface area contributed by atoms with Crippen LogP contribution in [0.1, 0.15) is 109 Å². The van der Waals surface area contributed by atoms with Crippen molar-refractivity contribution in [3.8, 4) is 33.4 Å². The molecule has 0 fully saturated rings. The van der Waals surface area contributed by atoms with E-state index in [0.29, 0.717) is 0 Å². The van der Waals surface area contributed by atoms with Gasteiger partial charge in [0.1, 0.15) is 0 Å². The molecule has 0 saturated heterocycles. The molecule has 342 valence electrons. The average molecular weight is 915 g/mol. The van der Waals surface area contributed by atoms with Gasteiger partial charge in [0.25, 0.3) is 0 Å². The summed E-state index contributed by atoms with van der Waals surface area (Å²) in [5.41, 5.74) is 23.9. The molecule has 4 heteroatoms. The van der Waals surface area contributed by atoms with Crippen LogP contribution in [0.2, 0.25) is 0 Å². The van der Waals surface area contributed by atoms with Crippen molar-refractivity contribution in [3.05, 3.63) is 186 Å². The lowest BCUT2D eigenvalue weighted by molar-refractivity contribution is 0.332. The Kier molecular flexibility index (Phi) is 10.1. The number of benzene rings is 8. The molecule has 2 nitrogen and oxygen atoms in total. The normalized spacial score (nSPS) is 17.1. The number of anilines is 5. The summed E-state index contributed by atoms with van der Waals surface area (Å²) in [7, 11) is 0.846. The number of hydrogen-bond acceptors (Lipinski definition) is 3. The minimum atomic E-state index is 0.0217. The summed E-state index contributed by atoms with van der Waals surface area (Å²) < 4.78 is 2.65. The maximum atomic E-state index is 4.12. The number of fused-ring (bicyclic) bond motifs is 7. The van der Waals surface area contributed by atoms with E-state index in [4.69, 9.17) is 0 Å². The Morgan fingerprint density at radius 2 is 1.01 bits per heavy atom. The van der Waals surface area contributed by atoms with E-state index in [1.54, 1.807) is 0 Å². The molecule has 12 rings (SSSR count). The van der Waals surface area contributed by atoms with Crippen LogP contribution in [-0.2, 0) is 21.7 Å². The van der Waals surface area contributed by atoms with E-state index < -0.39 is 0 Å². The molecular formula is C65H63BN2S. The third-order valence-corrected chi connectivity index (χ3v) is 17.8. The van der Waals surface area contributed by atoms with Gasteiger partial charge in [-0.15, -0.1) is 11.3 Å². The summed E-state index contributed by atoms with van der Waals surface area (Å²) in [5.74, 6) is 0. The molecule has 3 aliphatic rings. The van der Waals surface area contributed by atoms with Gasteiger partial charge in [-0.1, -0.05) is 164 Å². The first-order valence-electron chi connectivity index (χ1n) is 25.3. The monoisotopic (exact) mass is 914 g/mol. The van der Waals surface area contributed by atoms with Crippen LogP contribution in [0.3, 0.4) is 0 Å². The first-order chi connectivity index (χ1) is 33.1. The van der Waals surface area contributed by atoms with Crippen molar-refractivity contribution in [2.45, 2.75) is 110 Å². The second-order valence-corrected chi connectivity index (χ2v) is 24.3. The van der Waals surface area contributed by atoms with Crippen LogP contribution in [0.25, 0.3) is 53.6 Å². The van der Waals surface area contributed by atoms with Crippen LogP contribution in [0.15, 0.2) is 158 Å². The maximum absolute atomic E-state index is 4.12. The third kappa shape index (κ3) is 7.27. The molecule has 1 aromatic heterocycles. The lowest BCUT2D eigenvalue weighted by atomic mass is 9.54. The van der Waals surface area contributed by atoms with E-state index >= 15 is 0 Å². The Labute approximate surface area is 414 Å². The van der Waals surface area contributed by atoms with E-state index in [0.717, 1.165) is 25.8 Å². The number of nitrogens with one attached hydrogen (secondary N) is 1. The molecule has 0 atom stereocenters. The van der Waals surface area contributed by atoms with Crippen LogP contribution in [0.4, 0.5) is 28.4 Å². The summed E-state index contributed by atoms with van der Waals surface area (Å²) >= 11 is 1.94. The van der Waals surface area contributed by atoms with Crippen molar-refractivity contribution >= 4 is 78.2 Å². The minimum Gasteiger partial charge on any atom is -0.355 e. The zero-order valence-electron chi connectivity index (χ0n) is 41.9. The standard InChI is InChI=1S/C65H63BN2S/c1-40-34-44(42-20-14-11-15-21-42)26-29-54(40)68-55-38-51-49(63(4,5)31-33-65(51,8)9)36-52(55)66-61-56(68)39-58-59(46-22-16-17-23-57(46)69-58)60(61)47-35-48-50(64(6,7)32-30-62(48,2)3)37-53(47)67-45-27-24-43(25-28-45)41-18-12-10-13-19-41/h10-29,34-39,66-67H,30-33H2,1-9H3. The Hall–Kier alpha value is -6.36. The summed E-state index contributed by atoms with van der Waals surface area (Å²) in [6, 6.07) is 59.9. The van der Waals surface area contributed by atoms with Gasteiger partial charge in [0.05, 0.1) is 0 Å². The van der Waals surface area contributed by atoms with Crippen LogP contribution in [0, 0.1) is 6.92 Å². The fraction of sp³-hybridized carbons (Fsp3) is 0.262.